The number of hydrogen-bond acceptors (Lipinski definition) is 2. The van der Waals surface area contributed by atoms with E-state index in [-0.39, 0.29) is 16.3 Å². The molecule has 2 nitrogen and oxygen atoms in total. The van der Waals surface area contributed by atoms with Gasteiger partial charge in [0.15, 0.2) is 5.75 Å². The minimum absolute atomic E-state index is 0.167. The molecular weight excluding hydrogens is 358 g/mol. The van der Waals surface area contributed by atoms with Gasteiger partial charge in [0.25, 0.3) is 0 Å². The summed E-state index contributed by atoms with van der Waals surface area (Å²) in [5.41, 5.74) is 0.222. The number of carbonyl (C=O) groups excluding carboxylic acids is 1. The highest BCUT2D eigenvalue weighted by Gasteiger charge is 2.15. The highest BCUT2D eigenvalue weighted by molar-refractivity contribution is 9.10. The van der Waals surface area contributed by atoms with Crippen molar-refractivity contribution in [3.05, 3.63) is 62.3 Å². The SMILES string of the molecule is O=C(Oc1c(Cl)cc(Cl)cc1Br)c1ccc(F)cc1. The van der Waals surface area contributed by atoms with Crippen LogP contribution >= 0.6 is 39.1 Å². The Balaban J connectivity index is 2.26. The summed E-state index contributed by atoms with van der Waals surface area (Å²) in [5.74, 6) is -0.896. The van der Waals surface area contributed by atoms with Crippen LogP contribution in [0.15, 0.2) is 40.9 Å². The van der Waals surface area contributed by atoms with Crippen LogP contribution < -0.4 is 4.74 Å². The smallest absolute Gasteiger partial charge is 0.343 e. The van der Waals surface area contributed by atoms with Crippen molar-refractivity contribution in [1.29, 1.82) is 0 Å². The van der Waals surface area contributed by atoms with Gasteiger partial charge < -0.3 is 4.74 Å². The lowest BCUT2D eigenvalue weighted by Crippen LogP contribution is -2.09. The van der Waals surface area contributed by atoms with Gasteiger partial charge in [-0.3, -0.25) is 0 Å². The topological polar surface area (TPSA) is 26.3 Å². The summed E-state index contributed by atoms with van der Waals surface area (Å²) in [7, 11) is 0. The highest BCUT2D eigenvalue weighted by Crippen LogP contribution is 2.36. The molecule has 0 atom stereocenters. The second kappa shape index (κ2) is 5.90. The van der Waals surface area contributed by atoms with Crippen LogP contribution in [0.1, 0.15) is 10.4 Å². The average Bonchev–Trinajstić information content (AvgIpc) is 2.34. The Hall–Kier alpha value is -1.10. The van der Waals surface area contributed by atoms with Crippen LogP contribution in [0.5, 0.6) is 5.75 Å². The van der Waals surface area contributed by atoms with Crippen molar-refractivity contribution in [2.75, 3.05) is 0 Å². The first kappa shape index (κ1) is 14.3. The van der Waals surface area contributed by atoms with Crippen molar-refractivity contribution in [3.8, 4) is 5.75 Å². The molecule has 0 bridgehead atoms. The minimum Gasteiger partial charge on any atom is -0.420 e. The Morgan fingerprint density at radius 1 is 1.16 bits per heavy atom. The molecule has 2 aromatic rings. The minimum atomic E-state index is -0.634. The molecule has 0 aliphatic rings. The summed E-state index contributed by atoms with van der Waals surface area (Å²) in [4.78, 5) is 11.9. The lowest BCUT2D eigenvalue weighted by molar-refractivity contribution is 0.0733. The normalized spacial score (nSPS) is 10.3. The van der Waals surface area contributed by atoms with Gasteiger partial charge in [-0.1, -0.05) is 23.2 Å². The van der Waals surface area contributed by atoms with Crippen molar-refractivity contribution in [3.63, 3.8) is 0 Å². The van der Waals surface area contributed by atoms with Crippen molar-refractivity contribution >= 4 is 45.1 Å². The summed E-state index contributed by atoms with van der Waals surface area (Å²) in [6.45, 7) is 0. The molecule has 0 radical (unpaired) electrons. The van der Waals surface area contributed by atoms with Gasteiger partial charge in [0.1, 0.15) is 5.82 Å². The van der Waals surface area contributed by atoms with Gasteiger partial charge in [-0.2, -0.15) is 0 Å². The zero-order valence-corrected chi connectivity index (χ0v) is 12.4. The van der Waals surface area contributed by atoms with Gasteiger partial charge in [-0.05, 0) is 52.3 Å². The quantitative estimate of drug-likeness (QED) is 0.547. The summed E-state index contributed by atoms with van der Waals surface area (Å²) in [5, 5.41) is 0.619. The number of benzene rings is 2. The molecule has 0 unspecified atom stereocenters. The number of rotatable bonds is 2. The number of ether oxygens (including phenoxy) is 1. The molecular formula is C13H6BrCl2FO2. The third kappa shape index (κ3) is 3.47. The number of esters is 1. The zero-order valence-electron chi connectivity index (χ0n) is 9.29. The molecule has 6 heteroatoms. The third-order valence-electron chi connectivity index (χ3n) is 2.24. The molecule has 0 spiro atoms. The molecule has 19 heavy (non-hydrogen) atoms. The van der Waals surface area contributed by atoms with E-state index in [0.717, 1.165) is 0 Å². The van der Waals surface area contributed by atoms with Crippen LogP contribution in [0, 0.1) is 5.82 Å². The molecule has 98 valence electrons. The van der Waals surface area contributed by atoms with Gasteiger partial charge in [0.2, 0.25) is 0 Å². The summed E-state index contributed by atoms with van der Waals surface area (Å²) in [6.07, 6.45) is 0. The van der Waals surface area contributed by atoms with Crippen molar-refractivity contribution < 1.29 is 13.9 Å². The zero-order chi connectivity index (χ0) is 14.0. The van der Waals surface area contributed by atoms with Gasteiger partial charge in [0.05, 0.1) is 15.1 Å². The highest BCUT2D eigenvalue weighted by atomic mass is 79.9. The number of carbonyl (C=O) groups is 1. The Morgan fingerprint density at radius 3 is 2.37 bits per heavy atom. The molecule has 0 saturated carbocycles. The second-order valence-corrected chi connectivity index (χ2v) is 5.29. The first-order chi connectivity index (χ1) is 8.97. The van der Waals surface area contributed by atoms with Crippen molar-refractivity contribution in [2.24, 2.45) is 0 Å². The molecule has 0 aromatic heterocycles. The van der Waals surface area contributed by atoms with Crippen LogP contribution in [-0.4, -0.2) is 5.97 Å². The molecule has 2 rings (SSSR count). The predicted molar refractivity (Wildman–Crippen MR) is 75.5 cm³/mol. The lowest BCUT2D eigenvalue weighted by atomic mass is 10.2. The van der Waals surface area contributed by atoms with Gasteiger partial charge in [0, 0.05) is 5.02 Å². The Kier molecular flexibility index (Phi) is 4.45. The van der Waals surface area contributed by atoms with Crippen LogP contribution in [0.25, 0.3) is 0 Å². The fraction of sp³-hybridized carbons (Fsp3) is 0. The molecule has 0 amide bonds. The van der Waals surface area contributed by atoms with E-state index in [2.05, 4.69) is 15.9 Å². The Morgan fingerprint density at radius 2 is 1.79 bits per heavy atom. The molecule has 0 fully saturated rings. The van der Waals surface area contributed by atoms with E-state index in [1.807, 2.05) is 0 Å². The van der Waals surface area contributed by atoms with Gasteiger partial charge >= 0.3 is 5.97 Å². The van der Waals surface area contributed by atoms with E-state index >= 15 is 0 Å². The first-order valence-electron chi connectivity index (χ1n) is 5.09. The largest absolute Gasteiger partial charge is 0.420 e. The molecule has 0 heterocycles. The third-order valence-corrected chi connectivity index (χ3v) is 3.33. The fourth-order valence-corrected chi connectivity index (χ4v) is 2.68. The van der Waals surface area contributed by atoms with E-state index in [4.69, 9.17) is 27.9 Å². The summed E-state index contributed by atoms with van der Waals surface area (Å²) >= 11 is 14.9. The van der Waals surface area contributed by atoms with Crippen LogP contribution in [-0.2, 0) is 0 Å². The summed E-state index contributed by atoms with van der Waals surface area (Å²) < 4.78 is 18.4. The van der Waals surface area contributed by atoms with Gasteiger partial charge in [-0.15, -0.1) is 0 Å². The van der Waals surface area contributed by atoms with E-state index in [1.165, 1.54) is 30.3 Å². The second-order valence-electron chi connectivity index (χ2n) is 3.59. The first-order valence-corrected chi connectivity index (χ1v) is 6.64. The molecule has 0 saturated heterocycles. The lowest BCUT2D eigenvalue weighted by Gasteiger charge is -2.08. The standard InChI is InChI=1S/C13H6BrCl2FO2/c14-10-5-8(15)6-11(16)12(10)19-13(18)7-1-3-9(17)4-2-7/h1-6H. The fourth-order valence-electron chi connectivity index (χ4n) is 1.36. The van der Waals surface area contributed by atoms with Crippen molar-refractivity contribution in [1.82, 2.24) is 0 Å². The van der Waals surface area contributed by atoms with Crippen LogP contribution in [0.2, 0.25) is 10.0 Å². The van der Waals surface area contributed by atoms with E-state index in [9.17, 15) is 9.18 Å². The average molecular weight is 364 g/mol. The molecule has 0 N–H and O–H groups in total. The Bertz CT molecular complexity index is 606. The van der Waals surface area contributed by atoms with Crippen LogP contribution in [0.4, 0.5) is 4.39 Å². The Labute approximate surface area is 127 Å². The summed E-state index contributed by atoms with van der Waals surface area (Å²) in [6, 6.07) is 8.02. The molecule has 2 aromatic carbocycles. The van der Waals surface area contributed by atoms with Crippen molar-refractivity contribution in [2.45, 2.75) is 0 Å². The maximum Gasteiger partial charge on any atom is 0.343 e. The number of halogens is 4. The predicted octanol–water partition coefficient (Wildman–Crippen LogP) is 5.11. The van der Waals surface area contributed by atoms with Crippen LogP contribution in [0.3, 0.4) is 0 Å². The molecule has 0 aliphatic heterocycles. The van der Waals surface area contributed by atoms with E-state index < -0.39 is 11.8 Å². The maximum absolute atomic E-state index is 12.8. The van der Waals surface area contributed by atoms with E-state index in [1.54, 1.807) is 6.07 Å². The molecule has 0 aliphatic carbocycles. The van der Waals surface area contributed by atoms with Gasteiger partial charge in [-0.25, -0.2) is 9.18 Å². The van der Waals surface area contributed by atoms with E-state index in [0.29, 0.717) is 9.50 Å². The maximum atomic E-state index is 12.8. The monoisotopic (exact) mass is 362 g/mol. The number of hydrogen-bond donors (Lipinski definition) is 0.